The number of nitrogens with zero attached hydrogens (tertiary/aromatic N) is 1. The Balaban J connectivity index is 1.80. The van der Waals surface area contributed by atoms with Crippen LogP contribution in [0, 0.1) is 11.3 Å². The monoisotopic (exact) mass is 463 g/mol. The number of ether oxygens (including phenoxy) is 1. The third-order valence-electron chi connectivity index (χ3n) is 5.02. The number of rotatable bonds is 9. The van der Waals surface area contributed by atoms with Crippen LogP contribution in [0.25, 0.3) is 0 Å². The molecule has 2 heterocycles. The molecule has 1 amide bonds. The fourth-order valence-corrected chi connectivity index (χ4v) is 4.30. The normalized spacial score (nSPS) is 15.5. The van der Waals surface area contributed by atoms with Crippen LogP contribution in [-0.2, 0) is 20.7 Å². The predicted molar refractivity (Wildman–Crippen MR) is 128 cm³/mol. The van der Waals surface area contributed by atoms with Crippen LogP contribution in [0.3, 0.4) is 0 Å². The minimum absolute atomic E-state index is 0.0487. The maximum atomic E-state index is 12.7. The molecule has 1 aliphatic rings. The first-order valence-corrected chi connectivity index (χ1v) is 11.4. The van der Waals surface area contributed by atoms with Crippen LogP contribution in [0.5, 0.6) is 0 Å². The van der Waals surface area contributed by atoms with Gasteiger partial charge in [-0.15, -0.1) is 0 Å². The second-order valence-electron chi connectivity index (χ2n) is 7.24. The average molecular weight is 464 g/mol. The Kier molecular flexibility index (Phi) is 8.17. The first-order chi connectivity index (χ1) is 16.0. The summed E-state index contributed by atoms with van der Waals surface area (Å²) in [4.78, 5) is 25.3. The van der Waals surface area contributed by atoms with Crippen molar-refractivity contribution in [1.82, 2.24) is 5.32 Å². The highest BCUT2D eigenvalue weighted by molar-refractivity contribution is 8.03. The Morgan fingerprint density at radius 2 is 2.09 bits per heavy atom. The van der Waals surface area contributed by atoms with Gasteiger partial charge in [-0.1, -0.05) is 43.5 Å². The first-order valence-electron chi connectivity index (χ1n) is 10.4. The van der Waals surface area contributed by atoms with E-state index in [2.05, 4.69) is 30.2 Å². The molecule has 1 aromatic heterocycles. The highest BCUT2D eigenvalue weighted by Gasteiger charge is 2.37. The van der Waals surface area contributed by atoms with E-state index in [1.165, 1.54) is 29.7 Å². The number of amides is 1. The van der Waals surface area contributed by atoms with E-state index in [1.54, 1.807) is 19.1 Å². The van der Waals surface area contributed by atoms with Gasteiger partial charge in [-0.2, -0.15) is 5.26 Å². The van der Waals surface area contributed by atoms with Gasteiger partial charge in [0.15, 0.2) is 0 Å². The number of hydrogen-bond acceptors (Lipinski definition) is 7. The lowest BCUT2D eigenvalue weighted by molar-refractivity contribution is -0.138. The molecule has 1 aliphatic heterocycles. The predicted octanol–water partition coefficient (Wildman–Crippen LogP) is 4.64. The highest BCUT2D eigenvalue weighted by Crippen LogP contribution is 2.41. The molecule has 170 valence electrons. The minimum Gasteiger partial charge on any atom is -0.468 e. The fraction of sp³-hybridized carbons (Fsp3) is 0.240. The summed E-state index contributed by atoms with van der Waals surface area (Å²) in [6, 6.07) is 13.2. The van der Waals surface area contributed by atoms with Crippen molar-refractivity contribution in [2.24, 2.45) is 0 Å². The Labute approximate surface area is 197 Å². The van der Waals surface area contributed by atoms with Crippen LogP contribution >= 0.6 is 11.8 Å². The summed E-state index contributed by atoms with van der Waals surface area (Å²) in [5.41, 5.74) is 2.99. The SMILES string of the molecule is C=CCOC(=O)C1=C(C)NC(SCC(=O)Nc2ccc(CC)cc2)=C(C#N)C1c1ccco1. The summed E-state index contributed by atoms with van der Waals surface area (Å²) < 4.78 is 10.8. The number of nitrogens with one attached hydrogen (secondary N) is 2. The molecule has 33 heavy (non-hydrogen) atoms. The van der Waals surface area contributed by atoms with Gasteiger partial charge >= 0.3 is 5.97 Å². The third kappa shape index (κ3) is 5.76. The number of thioether (sulfide) groups is 1. The molecular formula is C25H25N3O4S. The quantitative estimate of drug-likeness (QED) is 0.412. The molecule has 3 rings (SSSR count). The summed E-state index contributed by atoms with van der Waals surface area (Å²) >= 11 is 1.19. The van der Waals surface area contributed by atoms with Crippen LogP contribution in [-0.4, -0.2) is 24.2 Å². The molecular weight excluding hydrogens is 438 g/mol. The average Bonchev–Trinajstić information content (AvgIpc) is 3.35. The molecule has 0 spiro atoms. The van der Waals surface area contributed by atoms with Crippen molar-refractivity contribution in [2.45, 2.75) is 26.2 Å². The van der Waals surface area contributed by atoms with Crippen LogP contribution in [0.4, 0.5) is 5.69 Å². The molecule has 2 N–H and O–H groups in total. The third-order valence-corrected chi connectivity index (χ3v) is 6.04. The maximum absolute atomic E-state index is 12.7. The van der Waals surface area contributed by atoms with Crippen LogP contribution in [0.2, 0.25) is 0 Å². The largest absolute Gasteiger partial charge is 0.468 e. The maximum Gasteiger partial charge on any atom is 0.337 e. The molecule has 7 nitrogen and oxygen atoms in total. The van der Waals surface area contributed by atoms with Gasteiger partial charge in [0.1, 0.15) is 12.4 Å². The zero-order valence-electron chi connectivity index (χ0n) is 18.5. The zero-order chi connectivity index (χ0) is 23.8. The van der Waals surface area contributed by atoms with Crippen molar-refractivity contribution in [2.75, 3.05) is 17.7 Å². The number of anilines is 1. The molecule has 0 bridgehead atoms. The molecule has 2 aromatic rings. The number of esters is 1. The van der Waals surface area contributed by atoms with E-state index in [-0.39, 0.29) is 29.4 Å². The van der Waals surface area contributed by atoms with Gasteiger partial charge in [0.25, 0.3) is 0 Å². The molecule has 0 radical (unpaired) electrons. The second-order valence-corrected chi connectivity index (χ2v) is 8.23. The molecule has 0 aliphatic carbocycles. The minimum atomic E-state index is -0.740. The smallest absolute Gasteiger partial charge is 0.337 e. The van der Waals surface area contributed by atoms with Crippen molar-refractivity contribution < 1.29 is 18.7 Å². The Hall–Kier alpha value is -3.70. The topological polar surface area (TPSA) is 104 Å². The molecule has 0 saturated carbocycles. The molecule has 1 aromatic carbocycles. The van der Waals surface area contributed by atoms with Gasteiger partial charge in [-0.25, -0.2) is 4.79 Å². The van der Waals surface area contributed by atoms with Crippen molar-refractivity contribution in [3.8, 4) is 6.07 Å². The van der Waals surface area contributed by atoms with Crippen molar-refractivity contribution in [1.29, 1.82) is 5.26 Å². The van der Waals surface area contributed by atoms with E-state index in [1.807, 2.05) is 24.3 Å². The van der Waals surface area contributed by atoms with E-state index in [9.17, 15) is 14.9 Å². The number of carbonyl (C=O) groups is 2. The highest BCUT2D eigenvalue weighted by atomic mass is 32.2. The fourth-order valence-electron chi connectivity index (χ4n) is 3.41. The van der Waals surface area contributed by atoms with E-state index in [4.69, 9.17) is 9.15 Å². The van der Waals surface area contributed by atoms with Gasteiger partial charge in [-0.3, -0.25) is 4.79 Å². The number of dihydropyridines is 1. The lowest BCUT2D eigenvalue weighted by Crippen LogP contribution is -2.29. The molecule has 1 unspecified atom stereocenters. The summed E-state index contributed by atoms with van der Waals surface area (Å²) in [5, 5.41) is 16.4. The molecule has 0 fully saturated rings. The summed E-state index contributed by atoms with van der Waals surface area (Å²) in [7, 11) is 0. The van der Waals surface area contributed by atoms with Crippen molar-refractivity contribution in [3.05, 3.63) is 88.5 Å². The summed E-state index contributed by atoms with van der Waals surface area (Å²) in [5.74, 6) is -0.987. The Bertz CT molecular complexity index is 1130. The van der Waals surface area contributed by atoms with Crippen LogP contribution in [0.15, 0.2) is 81.6 Å². The van der Waals surface area contributed by atoms with E-state index in [0.29, 0.717) is 22.2 Å². The van der Waals surface area contributed by atoms with Gasteiger partial charge in [0, 0.05) is 11.4 Å². The summed E-state index contributed by atoms with van der Waals surface area (Å²) in [6.07, 6.45) is 3.88. The lowest BCUT2D eigenvalue weighted by Gasteiger charge is -2.27. The number of nitriles is 1. The van der Waals surface area contributed by atoms with Gasteiger partial charge in [0.2, 0.25) is 5.91 Å². The van der Waals surface area contributed by atoms with Crippen molar-refractivity contribution in [3.63, 3.8) is 0 Å². The number of allylic oxidation sites excluding steroid dienone is 2. The number of furan rings is 1. The van der Waals surface area contributed by atoms with Crippen LogP contribution in [0.1, 0.15) is 31.1 Å². The van der Waals surface area contributed by atoms with E-state index >= 15 is 0 Å². The van der Waals surface area contributed by atoms with Gasteiger partial charge in [-0.05, 0) is 43.2 Å². The van der Waals surface area contributed by atoms with Crippen LogP contribution < -0.4 is 10.6 Å². The number of carbonyl (C=O) groups excluding carboxylic acids is 2. The molecule has 1 atom stereocenters. The number of aryl methyl sites for hydroxylation is 1. The Morgan fingerprint density at radius 3 is 2.70 bits per heavy atom. The summed E-state index contributed by atoms with van der Waals surface area (Å²) in [6.45, 7) is 7.40. The molecule has 0 saturated heterocycles. The molecule has 8 heteroatoms. The van der Waals surface area contributed by atoms with E-state index in [0.717, 1.165) is 6.42 Å². The second kappa shape index (κ2) is 11.2. The number of hydrogen-bond donors (Lipinski definition) is 2. The number of benzene rings is 1. The standard InChI is InChI=1S/C25H25N3O4S/c1-4-12-32-25(30)22-16(3)27-24(19(14-26)23(22)20-7-6-13-31-20)33-15-21(29)28-18-10-8-17(5-2)9-11-18/h4,6-11,13,23,27H,1,5,12,15H2,2-3H3,(H,28,29). The van der Waals surface area contributed by atoms with Gasteiger partial charge in [0.05, 0.1) is 40.2 Å². The first kappa shape index (κ1) is 24.0. The zero-order valence-corrected chi connectivity index (χ0v) is 19.3. The lowest BCUT2D eigenvalue weighted by atomic mass is 9.86. The van der Waals surface area contributed by atoms with E-state index < -0.39 is 11.9 Å². The van der Waals surface area contributed by atoms with Gasteiger partial charge < -0.3 is 19.8 Å². The Morgan fingerprint density at radius 1 is 1.33 bits per heavy atom. The van der Waals surface area contributed by atoms with Crippen molar-refractivity contribution >= 4 is 29.3 Å².